The second-order valence-electron chi connectivity index (χ2n) is 6.63. The molecule has 1 aromatic heterocycles. The molecule has 0 radical (unpaired) electrons. The minimum Gasteiger partial charge on any atom is -0.489 e. The fraction of sp³-hybridized carbons (Fsp3) is 0.286. The number of piperidine rings is 1. The van der Waals surface area contributed by atoms with Crippen LogP contribution in [0.5, 0.6) is 5.75 Å². The Balaban J connectivity index is 1.78. The van der Waals surface area contributed by atoms with E-state index in [-0.39, 0.29) is 6.10 Å². The Morgan fingerprint density at radius 3 is 2.65 bits per heavy atom. The summed E-state index contributed by atoms with van der Waals surface area (Å²) in [7, 11) is 0. The van der Waals surface area contributed by atoms with Crippen LogP contribution in [0, 0.1) is 6.92 Å². The highest BCUT2D eigenvalue weighted by atomic mass is 35.5. The van der Waals surface area contributed by atoms with Crippen molar-refractivity contribution in [2.24, 2.45) is 0 Å². The first kappa shape index (κ1) is 17.1. The van der Waals surface area contributed by atoms with E-state index in [2.05, 4.69) is 17.3 Å². The van der Waals surface area contributed by atoms with Crippen molar-refractivity contribution in [2.45, 2.75) is 25.9 Å². The molecule has 2 aromatic carbocycles. The SMILES string of the molecule is Cc1cc(Cl)cc(-c2ccnn2-c2ccccc2)c1OC1CCNCC1. The van der Waals surface area contributed by atoms with Crippen molar-refractivity contribution in [2.75, 3.05) is 13.1 Å². The summed E-state index contributed by atoms with van der Waals surface area (Å²) < 4.78 is 8.38. The first-order valence-electron chi connectivity index (χ1n) is 9.00. The molecule has 1 N–H and O–H groups in total. The quantitative estimate of drug-likeness (QED) is 0.730. The highest BCUT2D eigenvalue weighted by Gasteiger charge is 2.21. The normalized spacial score (nSPS) is 15.2. The Hall–Kier alpha value is -2.30. The van der Waals surface area contributed by atoms with Gasteiger partial charge in [-0.2, -0.15) is 5.10 Å². The van der Waals surface area contributed by atoms with Gasteiger partial charge in [0, 0.05) is 10.6 Å². The summed E-state index contributed by atoms with van der Waals surface area (Å²) in [6.07, 6.45) is 4.06. The van der Waals surface area contributed by atoms with Crippen LogP contribution in [0.1, 0.15) is 18.4 Å². The Morgan fingerprint density at radius 1 is 1.12 bits per heavy atom. The third-order valence-corrected chi connectivity index (χ3v) is 4.95. The van der Waals surface area contributed by atoms with Crippen LogP contribution in [0.15, 0.2) is 54.7 Å². The highest BCUT2D eigenvalue weighted by molar-refractivity contribution is 6.31. The van der Waals surface area contributed by atoms with Gasteiger partial charge in [0.1, 0.15) is 11.9 Å². The Labute approximate surface area is 158 Å². The van der Waals surface area contributed by atoms with Crippen molar-refractivity contribution < 1.29 is 4.74 Å². The minimum absolute atomic E-state index is 0.225. The molecule has 1 aliphatic rings. The van der Waals surface area contributed by atoms with Crippen LogP contribution in [0.3, 0.4) is 0 Å². The van der Waals surface area contributed by atoms with Gasteiger partial charge in [-0.05, 0) is 68.8 Å². The molecule has 2 heterocycles. The molecule has 3 aromatic rings. The molecule has 0 saturated carbocycles. The molecule has 4 rings (SSSR count). The predicted octanol–water partition coefficient (Wildman–Crippen LogP) is 4.63. The number of nitrogens with one attached hydrogen (secondary N) is 1. The zero-order valence-corrected chi connectivity index (χ0v) is 15.5. The summed E-state index contributed by atoms with van der Waals surface area (Å²) in [6.45, 7) is 4.04. The lowest BCUT2D eigenvalue weighted by Crippen LogP contribution is -2.34. The van der Waals surface area contributed by atoms with E-state index in [9.17, 15) is 0 Å². The second-order valence-corrected chi connectivity index (χ2v) is 7.07. The van der Waals surface area contributed by atoms with E-state index in [1.165, 1.54) is 0 Å². The molecule has 0 spiro atoms. The van der Waals surface area contributed by atoms with Crippen LogP contribution < -0.4 is 10.1 Å². The van der Waals surface area contributed by atoms with Gasteiger partial charge in [0.15, 0.2) is 0 Å². The van der Waals surface area contributed by atoms with Crippen molar-refractivity contribution in [3.8, 4) is 22.7 Å². The lowest BCUT2D eigenvalue weighted by Gasteiger charge is -2.26. The van der Waals surface area contributed by atoms with E-state index in [4.69, 9.17) is 16.3 Å². The molecule has 1 saturated heterocycles. The maximum Gasteiger partial charge on any atom is 0.132 e. The van der Waals surface area contributed by atoms with Crippen molar-refractivity contribution >= 4 is 11.6 Å². The average Bonchev–Trinajstić information content (AvgIpc) is 3.15. The van der Waals surface area contributed by atoms with Gasteiger partial charge in [-0.15, -0.1) is 0 Å². The molecule has 0 unspecified atom stereocenters. The maximum atomic E-state index is 6.45. The van der Waals surface area contributed by atoms with Gasteiger partial charge in [0.25, 0.3) is 0 Å². The van der Waals surface area contributed by atoms with Crippen LogP contribution in [0.25, 0.3) is 16.9 Å². The van der Waals surface area contributed by atoms with Crippen molar-refractivity contribution in [3.63, 3.8) is 0 Å². The summed E-state index contributed by atoms with van der Waals surface area (Å²) in [5.74, 6) is 0.902. The Bertz CT molecular complexity index is 886. The molecule has 0 atom stereocenters. The van der Waals surface area contributed by atoms with Gasteiger partial charge in [-0.25, -0.2) is 4.68 Å². The van der Waals surface area contributed by atoms with Gasteiger partial charge < -0.3 is 10.1 Å². The fourth-order valence-electron chi connectivity index (χ4n) is 3.44. The van der Waals surface area contributed by atoms with E-state index >= 15 is 0 Å². The maximum absolute atomic E-state index is 6.45. The predicted molar refractivity (Wildman–Crippen MR) is 105 cm³/mol. The van der Waals surface area contributed by atoms with Gasteiger partial charge >= 0.3 is 0 Å². The molecule has 134 valence electrons. The first-order valence-corrected chi connectivity index (χ1v) is 9.37. The highest BCUT2D eigenvalue weighted by Crippen LogP contribution is 2.37. The van der Waals surface area contributed by atoms with E-state index in [1.54, 1.807) is 0 Å². The number of aromatic nitrogens is 2. The summed E-state index contributed by atoms with van der Waals surface area (Å²) >= 11 is 6.38. The number of hydrogen-bond donors (Lipinski definition) is 1. The third kappa shape index (κ3) is 3.48. The van der Waals surface area contributed by atoms with Crippen LogP contribution in [0.4, 0.5) is 0 Å². The number of rotatable bonds is 4. The Kier molecular flexibility index (Phi) is 4.96. The molecule has 1 fully saturated rings. The zero-order valence-electron chi connectivity index (χ0n) is 14.8. The number of aryl methyl sites for hydroxylation is 1. The fourth-order valence-corrected chi connectivity index (χ4v) is 3.71. The van der Waals surface area contributed by atoms with Gasteiger partial charge in [-0.1, -0.05) is 29.8 Å². The molecule has 1 aliphatic heterocycles. The van der Waals surface area contributed by atoms with Crippen molar-refractivity contribution in [3.05, 3.63) is 65.3 Å². The second kappa shape index (κ2) is 7.52. The van der Waals surface area contributed by atoms with Crippen LogP contribution >= 0.6 is 11.6 Å². The van der Waals surface area contributed by atoms with E-state index in [1.807, 2.05) is 59.4 Å². The first-order chi connectivity index (χ1) is 12.7. The number of ether oxygens (including phenoxy) is 1. The van der Waals surface area contributed by atoms with Crippen LogP contribution in [-0.4, -0.2) is 29.0 Å². The molecule has 0 bridgehead atoms. The lowest BCUT2D eigenvalue weighted by molar-refractivity contribution is 0.162. The number of halogens is 1. The molecular weight excluding hydrogens is 346 g/mol. The van der Waals surface area contributed by atoms with Crippen molar-refractivity contribution in [1.29, 1.82) is 0 Å². The number of nitrogens with zero attached hydrogens (tertiary/aromatic N) is 2. The molecule has 5 heteroatoms. The summed E-state index contributed by atoms with van der Waals surface area (Å²) in [5, 5.41) is 8.60. The summed E-state index contributed by atoms with van der Waals surface area (Å²) in [4.78, 5) is 0. The monoisotopic (exact) mass is 367 g/mol. The van der Waals surface area contributed by atoms with E-state index < -0.39 is 0 Å². The van der Waals surface area contributed by atoms with Gasteiger partial charge in [-0.3, -0.25) is 0 Å². The number of benzene rings is 2. The van der Waals surface area contributed by atoms with E-state index in [0.717, 1.165) is 54.2 Å². The number of para-hydroxylation sites is 1. The lowest BCUT2D eigenvalue weighted by atomic mass is 10.0. The van der Waals surface area contributed by atoms with E-state index in [0.29, 0.717) is 5.02 Å². The minimum atomic E-state index is 0.225. The smallest absolute Gasteiger partial charge is 0.132 e. The van der Waals surface area contributed by atoms with Crippen LogP contribution in [0.2, 0.25) is 5.02 Å². The molecule has 0 aliphatic carbocycles. The summed E-state index contributed by atoms with van der Waals surface area (Å²) in [6, 6.07) is 16.1. The van der Waals surface area contributed by atoms with Crippen LogP contribution in [-0.2, 0) is 0 Å². The third-order valence-electron chi connectivity index (χ3n) is 4.73. The number of hydrogen-bond acceptors (Lipinski definition) is 3. The largest absolute Gasteiger partial charge is 0.489 e. The molecular formula is C21H22ClN3O. The molecule has 4 nitrogen and oxygen atoms in total. The molecule has 0 amide bonds. The zero-order chi connectivity index (χ0) is 17.9. The standard InChI is InChI=1S/C21H22ClN3O/c1-15-13-16(22)14-19(21(15)26-18-7-10-23-11-8-18)20-9-12-24-25(20)17-5-3-2-4-6-17/h2-6,9,12-14,18,23H,7-8,10-11H2,1H3. The summed E-state index contributed by atoms with van der Waals surface area (Å²) in [5.41, 5.74) is 4.02. The van der Waals surface area contributed by atoms with Crippen molar-refractivity contribution in [1.82, 2.24) is 15.1 Å². The Morgan fingerprint density at radius 2 is 1.88 bits per heavy atom. The van der Waals surface area contributed by atoms with Gasteiger partial charge in [0.2, 0.25) is 0 Å². The topological polar surface area (TPSA) is 39.1 Å². The molecule has 26 heavy (non-hydrogen) atoms. The van der Waals surface area contributed by atoms with Gasteiger partial charge in [0.05, 0.1) is 17.6 Å². The average molecular weight is 368 g/mol.